The van der Waals surface area contributed by atoms with E-state index in [1.807, 2.05) is 0 Å². The van der Waals surface area contributed by atoms with Gasteiger partial charge in [0.15, 0.2) is 0 Å². The molecule has 6 nitrogen and oxygen atoms in total. The standard InChI is InChI=1S/C14H19N3O3/c1-14(2)7-3-4-11(14)17-13(20)16-9-5-6-10(12(18)19)15-8-9/h5-6,8,11H,3-4,7H2,1-2H3,(H,18,19)(H2,16,17,20). The summed E-state index contributed by atoms with van der Waals surface area (Å²) in [6.45, 7) is 4.29. The molecule has 1 heterocycles. The number of carboxylic acids is 1. The molecule has 2 amide bonds. The predicted octanol–water partition coefficient (Wildman–Crippen LogP) is 2.48. The van der Waals surface area contributed by atoms with E-state index in [0.29, 0.717) is 5.69 Å². The van der Waals surface area contributed by atoms with Crippen LogP contribution < -0.4 is 10.6 Å². The van der Waals surface area contributed by atoms with Gasteiger partial charge in [-0.2, -0.15) is 0 Å². The fourth-order valence-electron chi connectivity index (χ4n) is 2.51. The first-order valence-electron chi connectivity index (χ1n) is 6.65. The lowest BCUT2D eigenvalue weighted by atomic mass is 9.87. The first-order chi connectivity index (χ1) is 9.38. The molecule has 1 aliphatic rings. The normalized spacial score (nSPS) is 20.4. The SMILES string of the molecule is CC1(C)CCCC1NC(=O)Nc1ccc(C(=O)O)nc1. The molecule has 108 valence electrons. The van der Waals surface area contributed by atoms with Crippen molar-refractivity contribution in [2.45, 2.75) is 39.2 Å². The first kappa shape index (κ1) is 14.3. The maximum atomic E-state index is 11.9. The Morgan fingerprint density at radius 1 is 1.40 bits per heavy atom. The molecule has 0 bridgehead atoms. The molecule has 1 saturated carbocycles. The lowest BCUT2D eigenvalue weighted by Crippen LogP contribution is -2.43. The Morgan fingerprint density at radius 3 is 2.65 bits per heavy atom. The van der Waals surface area contributed by atoms with Gasteiger partial charge in [-0.1, -0.05) is 20.3 Å². The molecule has 0 aliphatic heterocycles. The molecular formula is C14H19N3O3. The maximum Gasteiger partial charge on any atom is 0.354 e. The lowest BCUT2D eigenvalue weighted by molar-refractivity contribution is 0.0690. The van der Waals surface area contributed by atoms with Crippen LogP contribution in [0.15, 0.2) is 18.3 Å². The fraction of sp³-hybridized carbons (Fsp3) is 0.500. The summed E-state index contributed by atoms with van der Waals surface area (Å²) in [6, 6.07) is 2.76. The van der Waals surface area contributed by atoms with Gasteiger partial charge < -0.3 is 15.7 Å². The monoisotopic (exact) mass is 277 g/mol. The number of nitrogens with one attached hydrogen (secondary N) is 2. The number of aromatic nitrogens is 1. The molecule has 1 aromatic heterocycles. The molecular weight excluding hydrogens is 258 g/mol. The second-order valence-corrected chi connectivity index (χ2v) is 5.77. The summed E-state index contributed by atoms with van der Waals surface area (Å²) in [6.07, 6.45) is 4.54. The number of pyridine rings is 1. The van der Waals surface area contributed by atoms with E-state index >= 15 is 0 Å². The van der Waals surface area contributed by atoms with Crippen molar-refractivity contribution in [3.63, 3.8) is 0 Å². The van der Waals surface area contributed by atoms with Crippen molar-refractivity contribution in [2.75, 3.05) is 5.32 Å². The zero-order valence-electron chi connectivity index (χ0n) is 11.6. The molecule has 1 unspecified atom stereocenters. The van der Waals surface area contributed by atoms with Crippen LogP contribution in [0, 0.1) is 5.41 Å². The van der Waals surface area contributed by atoms with E-state index in [-0.39, 0.29) is 23.2 Å². The molecule has 3 N–H and O–H groups in total. The van der Waals surface area contributed by atoms with Gasteiger partial charge in [-0.05, 0) is 30.4 Å². The fourth-order valence-corrected chi connectivity index (χ4v) is 2.51. The number of anilines is 1. The highest BCUT2D eigenvalue weighted by atomic mass is 16.4. The van der Waals surface area contributed by atoms with E-state index in [2.05, 4.69) is 29.5 Å². The molecule has 0 radical (unpaired) electrons. The van der Waals surface area contributed by atoms with Crippen LogP contribution in [0.2, 0.25) is 0 Å². The van der Waals surface area contributed by atoms with E-state index < -0.39 is 5.97 Å². The highest BCUT2D eigenvalue weighted by molar-refractivity contribution is 5.90. The smallest absolute Gasteiger partial charge is 0.354 e. The van der Waals surface area contributed by atoms with Crippen LogP contribution >= 0.6 is 0 Å². The number of carbonyl (C=O) groups excluding carboxylic acids is 1. The van der Waals surface area contributed by atoms with Crippen LogP contribution in [0.1, 0.15) is 43.6 Å². The number of carbonyl (C=O) groups is 2. The summed E-state index contributed by atoms with van der Waals surface area (Å²) in [5, 5.41) is 14.4. The van der Waals surface area contributed by atoms with Crippen LogP contribution in [0.25, 0.3) is 0 Å². The number of nitrogens with zero attached hydrogens (tertiary/aromatic N) is 1. The Kier molecular flexibility index (Phi) is 3.92. The number of amides is 2. The Labute approximate surface area is 117 Å². The van der Waals surface area contributed by atoms with Crippen molar-refractivity contribution < 1.29 is 14.7 Å². The van der Waals surface area contributed by atoms with Crippen molar-refractivity contribution in [3.05, 3.63) is 24.0 Å². The number of hydrogen-bond donors (Lipinski definition) is 3. The van der Waals surface area contributed by atoms with Crippen molar-refractivity contribution in [3.8, 4) is 0 Å². The first-order valence-corrected chi connectivity index (χ1v) is 6.65. The number of carboxylic acid groups (broad SMARTS) is 1. The van der Waals surface area contributed by atoms with Gasteiger partial charge in [0.1, 0.15) is 5.69 Å². The molecule has 1 atom stereocenters. The molecule has 1 aromatic rings. The van der Waals surface area contributed by atoms with Gasteiger partial charge >= 0.3 is 12.0 Å². The van der Waals surface area contributed by atoms with Gasteiger partial charge in [0.2, 0.25) is 0 Å². The Bertz CT molecular complexity index is 511. The number of urea groups is 1. The van der Waals surface area contributed by atoms with Gasteiger partial charge in [0.25, 0.3) is 0 Å². The van der Waals surface area contributed by atoms with Gasteiger partial charge in [-0.3, -0.25) is 0 Å². The second-order valence-electron chi connectivity index (χ2n) is 5.77. The predicted molar refractivity (Wildman–Crippen MR) is 74.8 cm³/mol. The average molecular weight is 277 g/mol. The number of hydrogen-bond acceptors (Lipinski definition) is 3. The molecule has 2 rings (SSSR count). The molecule has 1 fully saturated rings. The van der Waals surface area contributed by atoms with Crippen LogP contribution in [0.5, 0.6) is 0 Å². The Balaban J connectivity index is 1.93. The molecule has 20 heavy (non-hydrogen) atoms. The third-order valence-corrected chi connectivity index (χ3v) is 3.80. The largest absolute Gasteiger partial charge is 0.477 e. The van der Waals surface area contributed by atoms with Gasteiger partial charge in [-0.25, -0.2) is 14.6 Å². The summed E-state index contributed by atoms with van der Waals surface area (Å²) in [5.41, 5.74) is 0.541. The van der Waals surface area contributed by atoms with Crippen LogP contribution in [-0.4, -0.2) is 28.1 Å². The number of rotatable bonds is 3. The lowest BCUT2D eigenvalue weighted by Gasteiger charge is -2.27. The Hall–Kier alpha value is -2.11. The van der Waals surface area contributed by atoms with E-state index in [0.717, 1.165) is 19.3 Å². The topological polar surface area (TPSA) is 91.3 Å². The summed E-state index contributed by atoms with van der Waals surface area (Å²) >= 11 is 0. The summed E-state index contributed by atoms with van der Waals surface area (Å²) < 4.78 is 0. The maximum absolute atomic E-state index is 11.9. The second kappa shape index (κ2) is 5.48. The van der Waals surface area contributed by atoms with Crippen LogP contribution in [-0.2, 0) is 0 Å². The Morgan fingerprint density at radius 2 is 2.15 bits per heavy atom. The van der Waals surface area contributed by atoms with Gasteiger partial charge in [-0.15, -0.1) is 0 Å². The molecule has 0 aromatic carbocycles. The quantitative estimate of drug-likeness (QED) is 0.791. The third kappa shape index (κ3) is 3.26. The van der Waals surface area contributed by atoms with Gasteiger partial charge in [0, 0.05) is 6.04 Å². The minimum Gasteiger partial charge on any atom is -0.477 e. The highest BCUT2D eigenvalue weighted by Gasteiger charge is 2.35. The molecule has 0 saturated heterocycles. The third-order valence-electron chi connectivity index (χ3n) is 3.80. The summed E-state index contributed by atoms with van der Waals surface area (Å²) in [7, 11) is 0. The average Bonchev–Trinajstić information content (AvgIpc) is 2.69. The van der Waals surface area contributed by atoms with Crippen LogP contribution in [0.3, 0.4) is 0 Å². The van der Waals surface area contributed by atoms with Crippen molar-refractivity contribution in [2.24, 2.45) is 5.41 Å². The molecule has 6 heteroatoms. The summed E-state index contributed by atoms with van der Waals surface area (Å²) in [5.74, 6) is -1.09. The zero-order chi connectivity index (χ0) is 14.8. The van der Waals surface area contributed by atoms with Crippen molar-refractivity contribution >= 4 is 17.7 Å². The summed E-state index contributed by atoms with van der Waals surface area (Å²) in [4.78, 5) is 26.3. The molecule has 1 aliphatic carbocycles. The minimum atomic E-state index is -1.09. The number of aromatic carboxylic acids is 1. The van der Waals surface area contributed by atoms with E-state index in [9.17, 15) is 9.59 Å². The highest BCUT2D eigenvalue weighted by Crippen LogP contribution is 2.37. The van der Waals surface area contributed by atoms with Crippen molar-refractivity contribution in [1.29, 1.82) is 0 Å². The minimum absolute atomic E-state index is 0.0483. The van der Waals surface area contributed by atoms with E-state index in [1.54, 1.807) is 0 Å². The zero-order valence-corrected chi connectivity index (χ0v) is 11.6. The van der Waals surface area contributed by atoms with E-state index in [1.165, 1.54) is 18.3 Å². The van der Waals surface area contributed by atoms with Crippen molar-refractivity contribution in [1.82, 2.24) is 10.3 Å². The molecule has 0 spiro atoms. The van der Waals surface area contributed by atoms with Crippen LogP contribution in [0.4, 0.5) is 10.5 Å². The van der Waals surface area contributed by atoms with E-state index in [4.69, 9.17) is 5.11 Å². The van der Waals surface area contributed by atoms with Gasteiger partial charge in [0.05, 0.1) is 11.9 Å².